The molecule has 0 radical (unpaired) electrons. The predicted molar refractivity (Wildman–Crippen MR) is 72.3 cm³/mol. The number of rotatable bonds is 10. The Labute approximate surface area is 107 Å². The Bertz CT molecular complexity index is 160. The van der Waals surface area contributed by atoms with Crippen molar-refractivity contribution < 1.29 is 15.7 Å². The number of amides is 1. The maximum absolute atomic E-state index is 10.8. The second-order valence-corrected chi connectivity index (χ2v) is 3.03. The van der Waals surface area contributed by atoms with E-state index in [-0.39, 0.29) is 7.33 Å². The SMILES string of the molecule is CC.CCC(=O)NCCOCCOCCNC.[HH]. The Morgan fingerprint density at radius 1 is 1.06 bits per heavy atom. The van der Waals surface area contributed by atoms with Crippen LogP contribution in [0.4, 0.5) is 0 Å². The van der Waals surface area contributed by atoms with E-state index in [1.807, 2.05) is 27.8 Å². The Kier molecular flexibility index (Phi) is 19.5. The standard InChI is InChI=1S/C10H22N2O3.C2H6.H2/c1-3-10(13)12-5-7-15-9-8-14-6-4-11-2;1-2;/h11H,3-9H2,1-2H3,(H,12,13);1-2H3;1H. The summed E-state index contributed by atoms with van der Waals surface area (Å²) in [6.07, 6.45) is 0.521. The summed E-state index contributed by atoms with van der Waals surface area (Å²) in [6.45, 7) is 9.67. The van der Waals surface area contributed by atoms with Crippen molar-refractivity contribution in [2.24, 2.45) is 0 Å². The van der Waals surface area contributed by atoms with Crippen molar-refractivity contribution in [3.8, 4) is 0 Å². The molecule has 5 nitrogen and oxygen atoms in total. The molecule has 0 spiro atoms. The van der Waals surface area contributed by atoms with E-state index in [9.17, 15) is 4.79 Å². The molecule has 0 aromatic carbocycles. The number of hydrogen-bond acceptors (Lipinski definition) is 4. The lowest BCUT2D eigenvalue weighted by Gasteiger charge is -2.06. The molecule has 0 saturated carbocycles. The van der Waals surface area contributed by atoms with Crippen LogP contribution in [-0.4, -0.2) is 52.5 Å². The molecule has 106 valence electrons. The maximum atomic E-state index is 10.8. The fourth-order valence-corrected chi connectivity index (χ4v) is 0.884. The molecular weight excluding hydrogens is 220 g/mol. The Balaban J connectivity index is -0.000000709. The quantitative estimate of drug-likeness (QED) is 0.569. The van der Waals surface area contributed by atoms with Gasteiger partial charge in [0.2, 0.25) is 5.91 Å². The summed E-state index contributed by atoms with van der Waals surface area (Å²) in [6, 6.07) is 0. The van der Waals surface area contributed by atoms with Crippen molar-refractivity contribution in [3.63, 3.8) is 0 Å². The summed E-state index contributed by atoms with van der Waals surface area (Å²) in [7, 11) is 1.89. The van der Waals surface area contributed by atoms with Crippen molar-refractivity contribution in [3.05, 3.63) is 0 Å². The van der Waals surface area contributed by atoms with Crippen LogP contribution in [-0.2, 0) is 14.3 Å². The number of likely N-dealkylation sites (N-methyl/N-ethyl adjacent to an activating group) is 1. The van der Waals surface area contributed by atoms with Gasteiger partial charge in [-0.05, 0) is 7.05 Å². The highest BCUT2D eigenvalue weighted by Crippen LogP contribution is 1.79. The molecule has 0 aliphatic heterocycles. The summed E-state index contributed by atoms with van der Waals surface area (Å²) < 4.78 is 10.5. The lowest BCUT2D eigenvalue weighted by molar-refractivity contribution is -0.121. The molecular formula is C12H30N2O3. The Hall–Kier alpha value is -0.650. The molecule has 0 aromatic rings. The van der Waals surface area contributed by atoms with Crippen LogP contribution >= 0.6 is 0 Å². The average molecular weight is 250 g/mol. The van der Waals surface area contributed by atoms with Crippen molar-refractivity contribution in [2.75, 3.05) is 46.6 Å². The number of ether oxygens (including phenoxy) is 2. The first-order valence-electron chi connectivity index (χ1n) is 6.38. The third-order valence-corrected chi connectivity index (χ3v) is 1.76. The van der Waals surface area contributed by atoms with Gasteiger partial charge in [0, 0.05) is 20.9 Å². The molecule has 17 heavy (non-hydrogen) atoms. The number of hydrogen-bond donors (Lipinski definition) is 2. The molecule has 0 aromatic heterocycles. The van der Waals surface area contributed by atoms with Gasteiger partial charge >= 0.3 is 0 Å². The number of carbonyl (C=O) groups excluding carboxylic acids is 1. The summed E-state index contributed by atoms with van der Waals surface area (Å²) >= 11 is 0. The average Bonchev–Trinajstić information content (AvgIpc) is 2.39. The largest absolute Gasteiger partial charge is 0.378 e. The molecule has 0 rings (SSSR count). The Morgan fingerprint density at radius 2 is 1.59 bits per heavy atom. The first kappa shape index (κ1) is 18.7. The molecule has 0 aliphatic rings. The monoisotopic (exact) mass is 250 g/mol. The van der Waals surface area contributed by atoms with E-state index in [1.165, 1.54) is 0 Å². The second kappa shape index (κ2) is 17.7. The van der Waals surface area contributed by atoms with E-state index >= 15 is 0 Å². The fraction of sp³-hybridized carbons (Fsp3) is 0.917. The highest BCUT2D eigenvalue weighted by Gasteiger charge is 1.94. The van der Waals surface area contributed by atoms with Gasteiger partial charge in [-0.3, -0.25) is 4.79 Å². The van der Waals surface area contributed by atoms with Crippen molar-refractivity contribution in [2.45, 2.75) is 27.2 Å². The smallest absolute Gasteiger partial charge is 0.219 e. The van der Waals surface area contributed by atoms with Gasteiger partial charge in [-0.1, -0.05) is 20.8 Å². The van der Waals surface area contributed by atoms with Gasteiger partial charge < -0.3 is 20.1 Å². The first-order chi connectivity index (χ1) is 8.31. The van der Waals surface area contributed by atoms with Crippen LogP contribution < -0.4 is 10.6 Å². The molecule has 0 bridgehead atoms. The summed E-state index contributed by atoms with van der Waals surface area (Å²) in [5.41, 5.74) is 0. The number of nitrogens with one attached hydrogen (secondary N) is 2. The molecule has 0 atom stereocenters. The van der Waals surface area contributed by atoms with E-state index in [0.29, 0.717) is 39.4 Å². The zero-order valence-electron chi connectivity index (χ0n) is 11.7. The van der Waals surface area contributed by atoms with Crippen LogP contribution in [0.5, 0.6) is 0 Å². The third kappa shape index (κ3) is 17.9. The normalized spacial score (nSPS) is 9.41. The van der Waals surface area contributed by atoms with E-state index in [1.54, 1.807) is 0 Å². The lowest BCUT2D eigenvalue weighted by atomic mass is 10.4. The predicted octanol–water partition coefficient (Wildman–Crippen LogP) is 1.04. The maximum Gasteiger partial charge on any atom is 0.219 e. The van der Waals surface area contributed by atoms with Gasteiger partial charge in [-0.25, -0.2) is 0 Å². The minimum absolute atomic E-state index is 0. The topological polar surface area (TPSA) is 59.6 Å². The Morgan fingerprint density at radius 3 is 2.06 bits per heavy atom. The summed E-state index contributed by atoms with van der Waals surface area (Å²) in [5.74, 6) is 0.0591. The van der Waals surface area contributed by atoms with Crippen LogP contribution in [0.2, 0.25) is 0 Å². The molecule has 0 fully saturated rings. The van der Waals surface area contributed by atoms with Gasteiger partial charge in [0.1, 0.15) is 0 Å². The van der Waals surface area contributed by atoms with Gasteiger partial charge in [0.15, 0.2) is 0 Å². The van der Waals surface area contributed by atoms with Gasteiger partial charge in [-0.2, -0.15) is 0 Å². The van der Waals surface area contributed by atoms with Gasteiger partial charge in [0.25, 0.3) is 0 Å². The van der Waals surface area contributed by atoms with E-state index in [4.69, 9.17) is 9.47 Å². The van der Waals surface area contributed by atoms with Crippen LogP contribution in [0.1, 0.15) is 28.6 Å². The van der Waals surface area contributed by atoms with E-state index < -0.39 is 0 Å². The fourth-order valence-electron chi connectivity index (χ4n) is 0.884. The molecule has 0 unspecified atom stereocenters. The van der Waals surface area contributed by atoms with Crippen LogP contribution in [0, 0.1) is 0 Å². The summed E-state index contributed by atoms with van der Waals surface area (Å²) in [4.78, 5) is 10.8. The second-order valence-electron chi connectivity index (χ2n) is 3.03. The lowest BCUT2D eigenvalue weighted by Crippen LogP contribution is -2.26. The summed E-state index contributed by atoms with van der Waals surface area (Å²) in [5, 5.41) is 5.71. The zero-order valence-corrected chi connectivity index (χ0v) is 11.7. The third-order valence-electron chi connectivity index (χ3n) is 1.76. The van der Waals surface area contributed by atoms with Crippen molar-refractivity contribution in [1.29, 1.82) is 0 Å². The van der Waals surface area contributed by atoms with E-state index in [0.717, 1.165) is 6.54 Å². The van der Waals surface area contributed by atoms with Crippen LogP contribution in [0.15, 0.2) is 0 Å². The molecule has 0 aliphatic carbocycles. The molecule has 5 heteroatoms. The molecule has 1 amide bonds. The van der Waals surface area contributed by atoms with Gasteiger partial charge in [0.05, 0.1) is 26.4 Å². The molecule has 0 saturated heterocycles. The highest BCUT2D eigenvalue weighted by atomic mass is 16.5. The minimum Gasteiger partial charge on any atom is -0.378 e. The highest BCUT2D eigenvalue weighted by molar-refractivity contribution is 5.75. The molecule has 2 N–H and O–H groups in total. The van der Waals surface area contributed by atoms with Crippen LogP contribution in [0.25, 0.3) is 0 Å². The van der Waals surface area contributed by atoms with E-state index in [2.05, 4.69) is 10.6 Å². The minimum atomic E-state index is 0. The zero-order chi connectivity index (χ0) is 13.4. The molecule has 0 heterocycles. The first-order valence-corrected chi connectivity index (χ1v) is 6.38. The number of carbonyl (C=O) groups is 1. The van der Waals surface area contributed by atoms with Crippen molar-refractivity contribution >= 4 is 5.91 Å². The van der Waals surface area contributed by atoms with Crippen molar-refractivity contribution in [1.82, 2.24) is 10.6 Å². The van der Waals surface area contributed by atoms with Crippen LogP contribution in [0.3, 0.4) is 0 Å². The van der Waals surface area contributed by atoms with Gasteiger partial charge in [-0.15, -0.1) is 0 Å².